The average molecular weight is 325 g/mol. The summed E-state index contributed by atoms with van der Waals surface area (Å²) in [6, 6.07) is 11.9. The molecule has 0 aromatic heterocycles. The van der Waals surface area contributed by atoms with E-state index in [4.69, 9.17) is 4.74 Å². The van der Waals surface area contributed by atoms with E-state index in [2.05, 4.69) is 18.2 Å². The van der Waals surface area contributed by atoms with Crippen molar-refractivity contribution < 1.29 is 14.6 Å². The Labute approximate surface area is 142 Å². The molecule has 2 aromatic rings. The third-order valence-electron chi connectivity index (χ3n) is 4.49. The van der Waals surface area contributed by atoms with Crippen molar-refractivity contribution in [3.05, 3.63) is 64.2 Å². The highest BCUT2D eigenvalue weighted by molar-refractivity contribution is 5.79. The van der Waals surface area contributed by atoms with Gasteiger partial charge in [-0.3, -0.25) is 4.79 Å². The molecule has 0 radical (unpaired) electrons. The number of rotatable bonds is 3. The maximum Gasteiger partial charge on any atom is 0.227 e. The zero-order valence-electron chi connectivity index (χ0n) is 14.2. The second-order valence-corrected chi connectivity index (χ2v) is 6.37. The minimum atomic E-state index is -0.0102. The third kappa shape index (κ3) is 3.60. The number of carbonyl (C=O) groups excluding carboxylic acids is 1. The molecule has 126 valence electrons. The van der Waals surface area contributed by atoms with Gasteiger partial charge in [0.05, 0.1) is 19.6 Å². The standard InChI is InChI=1S/C20H23NO3/c1-14-3-4-15(2)17(9-14)11-20(23)21-7-8-24-19-6-5-16(13-22)10-18(19)12-21/h3-6,9-10,22H,7-8,11-13H2,1-2H3. The summed E-state index contributed by atoms with van der Waals surface area (Å²) in [6.07, 6.45) is 0.405. The number of benzene rings is 2. The van der Waals surface area contributed by atoms with Crippen molar-refractivity contribution in [2.45, 2.75) is 33.4 Å². The Kier molecular flexibility index (Phi) is 4.86. The molecule has 0 aliphatic carbocycles. The molecule has 24 heavy (non-hydrogen) atoms. The van der Waals surface area contributed by atoms with Crippen LogP contribution in [0.2, 0.25) is 0 Å². The summed E-state index contributed by atoms with van der Waals surface area (Å²) >= 11 is 0. The van der Waals surface area contributed by atoms with Gasteiger partial charge in [-0.05, 0) is 42.7 Å². The third-order valence-corrected chi connectivity index (χ3v) is 4.49. The predicted octanol–water partition coefficient (Wildman–Crippen LogP) is 2.76. The van der Waals surface area contributed by atoms with Crippen molar-refractivity contribution in [1.29, 1.82) is 0 Å². The van der Waals surface area contributed by atoms with Gasteiger partial charge in [0.2, 0.25) is 5.91 Å². The minimum Gasteiger partial charge on any atom is -0.491 e. The van der Waals surface area contributed by atoms with Crippen molar-refractivity contribution >= 4 is 5.91 Å². The van der Waals surface area contributed by atoms with E-state index in [0.29, 0.717) is 26.1 Å². The largest absolute Gasteiger partial charge is 0.491 e. The van der Waals surface area contributed by atoms with Gasteiger partial charge in [-0.25, -0.2) is 0 Å². The van der Waals surface area contributed by atoms with Crippen LogP contribution in [0.4, 0.5) is 0 Å². The van der Waals surface area contributed by atoms with Crippen LogP contribution in [-0.4, -0.2) is 29.1 Å². The lowest BCUT2D eigenvalue weighted by Gasteiger charge is -2.20. The van der Waals surface area contributed by atoms with Crippen molar-refractivity contribution in [2.75, 3.05) is 13.2 Å². The first-order valence-electron chi connectivity index (χ1n) is 8.26. The topological polar surface area (TPSA) is 49.8 Å². The van der Waals surface area contributed by atoms with E-state index in [9.17, 15) is 9.90 Å². The molecule has 1 N–H and O–H groups in total. The number of ether oxygens (including phenoxy) is 1. The van der Waals surface area contributed by atoms with E-state index in [0.717, 1.165) is 28.0 Å². The highest BCUT2D eigenvalue weighted by Gasteiger charge is 2.20. The summed E-state index contributed by atoms with van der Waals surface area (Å²) < 4.78 is 5.75. The van der Waals surface area contributed by atoms with Crippen LogP contribution < -0.4 is 4.74 Å². The quantitative estimate of drug-likeness (QED) is 0.944. The maximum atomic E-state index is 12.8. The van der Waals surface area contributed by atoms with Gasteiger partial charge in [-0.15, -0.1) is 0 Å². The lowest BCUT2D eigenvalue weighted by molar-refractivity contribution is -0.131. The zero-order chi connectivity index (χ0) is 17.1. The Hall–Kier alpha value is -2.33. The molecule has 1 amide bonds. The van der Waals surface area contributed by atoms with Crippen LogP contribution in [0.15, 0.2) is 36.4 Å². The van der Waals surface area contributed by atoms with Gasteiger partial charge in [0, 0.05) is 12.1 Å². The van der Waals surface area contributed by atoms with Crippen LogP contribution in [0.3, 0.4) is 0 Å². The normalized spacial score (nSPS) is 13.9. The Morgan fingerprint density at radius 2 is 2.04 bits per heavy atom. The van der Waals surface area contributed by atoms with E-state index in [-0.39, 0.29) is 12.5 Å². The Bertz CT molecular complexity index is 755. The average Bonchev–Trinajstić information content (AvgIpc) is 2.79. The van der Waals surface area contributed by atoms with E-state index in [1.807, 2.05) is 36.9 Å². The molecule has 0 spiro atoms. The molecule has 0 saturated heterocycles. The second kappa shape index (κ2) is 7.05. The Morgan fingerprint density at radius 1 is 1.21 bits per heavy atom. The number of carbonyl (C=O) groups is 1. The van der Waals surface area contributed by atoms with Crippen molar-refractivity contribution in [3.8, 4) is 5.75 Å². The summed E-state index contributed by atoms with van der Waals surface area (Å²) in [5.74, 6) is 0.906. The van der Waals surface area contributed by atoms with Crippen LogP contribution in [0, 0.1) is 13.8 Å². The number of aryl methyl sites for hydroxylation is 2. The fraction of sp³-hybridized carbons (Fsp3) is 0.350. The minimum absolute atomic E-state index is 0.0102. The highest BCUT2D eigenvalue weighted by atomic mass is 16.5. The molecule has 1 heterocycles. The van der Waals surface area contributed by atoms with Crippen LogP contribution in [0.5, 0.6) is 5.75 Å². The number of hydrogen-bond acceptors (Lipinski definition) is 3. The molecule has 1 aliphatic rings. The lowest BCUT2D eigenvalue weighted by Crippen LogP contribution is -2.33. The first-order chi connectivity index (χ1) is 11.6. The van der Waals surface area contributed by atoms with E-state index < -0.39 is 0 Å². The van der Waals surface area contributed by atoms with Crippen molar-refractivity contribution in [2.24, 2.45) is 0 Å². The van der Waals surface area contributed by atoms with Gasteiger partial charge in [0.1, 0.15) is 12.4 Å². The molecule has 3 rings (SSSR count). The second-order valence-electron chi connectivity index (χ2n) is 6.37. The predicted molar refractivity (Wildman–Crippen MR) is 92.9 cm³/mol. The molecular formula is C20H23NO3. The van der Waals surface area contributed by atoms with Gasteiger partial charge in [-0.1, -0.05) is 29.8 Å². The molecular weight excluding hydrogens is 302 g/mol. The number of aliphatic hydroxyl groups is 1. The molecule has 0 atom stereocenters. The first kappa shape index (κ1) is 16.5. The number of nitrogens with zero attached hydrogens (tertiary/aromatic N) is 1. The fourth-order valence-corrected chi connectivity index (χ4v) is 3.02. The Balaban J connectivity index is 1.78. The number of amides is 1. The van der Waals surface area contributed by atoms with Crippen LogP contribution in [0.25, 0.3) is 0 Å². The molecule has 1 aliphatic heterocycles. The number of hydrogen-bond donors (Lipinski definition) is 1. The number of aliphatic hydroxyl groups excluding tert-OH is 1. The van der Waals surface area contributed by atoms with Crippen LogP contribution >= 0.6 is 0 Å². The zero-order valence-corrected chi connectivity index (χ0v) is 14.2. The molecule has 0 saturated carbocycles. The van der Waals surface area contributed by atoms with Gasteiger partial charge in [0.15, 0.2) is 0 Å². The molecule has 0 unspecified atom stereocenters. The monoisotopic (exact) mass is 325 g/mol. The summed E-state index contributed by atoms with van der Waals surface area (Å²) in [5.41, 5.74) is 5.17. The molecule has 0 fully saturated rings. The van der Waals surface area contributed by atoms with Gasteiger partial charge in [0.25, 0.3) is 0 Å². The fourth-order valence-electron chi connectivity index (χ4n) is 3.02. The molecule has 0 bridgehead atoms. The van der Waals surface area contributed by atoms with E-state index >= 15 is 0 Å². The highest BCUT2D eigenvalue weighted by Crippen LogP contribution is 2.25. The SMILES string of the molecule is Cc1ccc(C)c(CC(=O)N2CCOc3ccc(CO)cc3C2)c1. The van der Waals surface area contributed by atoms with Gasteiger partial charge < -0.3 is 14.7 Å². The smallest absolute Gasteiger partial charge is 0.227 e. The van der Waals surface area contributed by atoms with E-state index in [1.165, 1.54) is 5.56 Å². The lowest BCUT2D eigenvalue weighted by atomic mass is 10.0. The summed E-state index contributed by atoms with van der Waals surface area (Å²) in [4.78, 5) is 14.6. The molecule has 4 nitrogen and oxygen atoms in total. The van der Waals surface area contributed by atoms with Gasteiger partial charge >= 0.3 is 0 Å². The summed E-state index contributed by atoms with van der Waals surface area (Å²) in [7, 11) is 0. The van der Waals surface area contributed by atoms with Gasteiger partial charge in [-0.2, -0.15) is 0 Å². The van der Waals surface area contributed by atoms with Crippen LogP contribution in [0.1, 0.15) is 27.8 Å². The maximum absolute atomic E-state index is 12.8. The molecule has 4 heteroatoms. The first-order valence-corrected chi connectivity index (χ1v) is 8.26. The summed E-state index contributed by atoms with van der Waals surface area (Å²) in [6.45, 7) is 5.66. The number of fused-ring (bicyclic) bond motifs is 1. The van der Waals surface area contributed by atoms with Crippen molar-refractivity contribution in [1.82, 2.24) is 4.90 Å². The Morgan fingerprint density at radius 3 is 2.83 bits per heavy atom. The van der Waals surface area contributed by atoms with Crippen LogP contribution in [-0.2, 0) is 24.4 Å². The molecule has 2 aromatic carbocycles. The summed E-state index contributed by atoms with van der Waals surface area (Å²) in [5, 5.41) is 9.31. The van der Waals surface area contributed by atoms with Crippen molar-refractivity contribution in [3.63, 3.8) is 0 Å². The van der Waals surface area contributed by atoms with E-state index in [1.54, 1.807) is 0 Å².